The van der Waals surface area contributed by atoms with E-state index >= 15 is 0 Å². The number of anilines is 6. The zero-order valence-corrected chi connectivity index (χ0v) is 35.7. The molecule has 4 aliphatic rings. The van der Waals surface area contributed by atoms with Crippen LogP contribution in [-0.2, 0) is 18.3 Å². The van der Waals surface area contributed by atoms with Crippen molar-refractivity contribution in [2.24, 2.45) is 0 Å². The Kier molecular flexibility index (Phi) is 7.94. The van der Waals surface area contributed by atoms with Gasteiger partial charge in [0.2, 0.25) is 0 Å². The molecule has 9 aromatic carbocycles. The highest BCUT2D eigenvalue weighted by Crippen LogP contribution is 2.54. The summed E-state index contributed by atoms with van der Waals surface area (Å²) < 4.78 is 0. The largest absolute Gasteiger partial charge is 0.310 e. The molecule has 0 N–H and O–H groups in total. The highest BCUT2D eigenvalue weighted by atomic mass is 15.2. The van der Waals surface area contributed by atoms with Crippen LogP contribution in [0.25, 0.3) is 49.4 Å². The van der Waals surface area contributed by atoms with E-state index in [0.717, 1.165) is 25.7 Å². The van der Waals surface area contributed by atoms with Gasteiger partial charge in [0.15, 0.2) is 0 Å². The number of hydrogen-bond donors (Lipinski definition) is 0. The van der Waals surface area contributed by atoms with Crippen molar-refractivity contribution in [2.45, 2.75) is 44.9 Å². The Morgan fingerprint density at radius 2 is 0.921 bits per heavy atom. The van der Waals surface area contributed by atoms with Gasteiger partial charge in [-0.15, -0.1) is 0 Å². The lowest BCUT2D eigenvalue weighted by molar-refractivity contribution is 0.660. The molecule has 0 saturated heterocycles. The Labute approximate surface area is 369 Å². The normalized spacial score (nSPS) is 15.3. The molecule has 0 aromatic heterocycles. The highest BCUT2D eigenvalue weighted by Gasteiger charge is 2.36. The summed E-state index contributed by atoms with van der Waals surface area (Å²) in [6.45, 7) is 4.79. The lowest BCUT2D eigenvalue weighted by atomic mass is 9.80. The van der Waals surface area contributed by atoms with Crippen molar-refractivity contribution in [1.82, 2.24) is 0 Å². The second-order valence-electron chi connectivity index (χ2n) is 18.3. The van der Waals surface area contributed by atoms with Gasteiger partial charge in [-0.1, -0.05) is 153 Å². The Bertz CT molecular complexity index is 3360. The van der Waals surface area contributed by atoms with Crippen LogP contribution < -0.4 is 9.80 Å². The van der Waals surface area contributed by atoms with Gasteiger partial charge in [0.1, 0.15) is 0 Å². The summed E-state index contributed by atoms with van der Waals surface area (Å²) in [6.07, 6.45) is 10.8. The molecular formula is C61H46N2. The molecule has 0 atom stereocenters. The first-order chi connectivity index (χ1) is 31.0. The predicted octanol–water partition coefficient (Wildman–Crippen LogP) is 16.4. The minimum absolute atomic E-state index is 0.124. The molecule has 0 spiro atoms. The van der Waals surface area contributed by atoms with Gasteiger partial charge in [0.25, 0.3) is 0 Å². The molecule has 0 amide bonds. The number of fused-ring (bicyclic) bond motifs is 9. The molecule has 63 heavy (non-hydrogen) atoms. The van der Waals surface area contributed by atoms with Gasteiger partial charge >= 0.3 is 0 Å². The third-order valence-corrected chi connectivity index (χ3v) is 14.5. The first-order valence-corrected chi connectivity index (χ1v) is 22.6. The standard InChI is InChI=1S/C61H46N2/c1-61(2)53-23-11-10-22-47(53)48-31-28-44(36-54(48)61)60-50-33-30-45(62-55-24-12-6-18-40(55)34-41-19-7-13-25-56(41)62)37-51(50)59(39-16-4-3-5-17-39)49-32-29-46(38-52(49)60)63-57-26-14-8-20-42(57)35-43-21-9-15-27-58(43)63/h3-4,6-16,18-33,36-38H,5,17,34-35H2,1-2H3. The van der Waals surface area contributed by atoms with Crippen LogP contribution in [-0.4, -0.2) is 0 Å². The molecule has 2 aliphatic heterocycles. The average Bonchev–Trinajstić information content (AvgIpc) is 3.56. The van der Waals surface area contributed by atoms with Gasteiger partial charge < -0.3 is 9.80 Å². The van der Waals surface area contributed by atoms with Crippen molar-refractivity contribution in [3.63, 3.8) is 0 Å². The third-order valence-electron chi connectivity index (χ3n) is 14.5. The van der Waals surface area contributed by atoms with Gasteiger partial charge in [0, 0.05) is 52.4 Å². The van der Waals surface area contributed by atoms with Crippen LogP contribution in [0.4, 0.5) is 34.1 Å². The quantitative estimate of drug-likeness (QED) is 0.163. The molecule has 9 aromatic rings. The van der Waals surface area contributed by atoms with Crippen molar-refractivity contribution in [2.75, 3.05) is 9.80 Å². The summed E-state index contributed by atoms with van der Waals surface area (Å²) in [6, 6.07) is 66.7. The van der Waals surface area contributed by atoms with E-state index < -0.39 is 0 Å². The summed E-state index contributed by atoms with van der Waals surface area (Å²) in [5.41, 5.74) is 23.4. The van der Waals surface area contributed by atoms with E-state index in [1.165, 1.54) is 122 Å². The van der Waals surface area contributed by atoms with E-state index in [1.807, 2.05) is 0 Å². The summed E-state index contributed by atoms with van der Waals surface area (Å²) in [5, 5.41) is 5.14. The van der Waals surface area contributed by atoms with Crippen LogP contribution >= 0.6 is 0 Å². The summed E-state index contributed by atoms with van der Waals surface area (Å²) >= 11 is 0. The van der Waals surface area contributed by atoms with E-state index in [4.69, 9.17) is 0 Å². The Balaban J connectivity index is 1.13. The monoisotopic (exact) mass is 806 g/mol. The van der Waals surface area contributed by atoms with E-state index in [0.29, 0.717) is 0 Å². The maximum Gasteiger partial charge on any atom is 0.0497 e. The van der Waals surface area contributed by atoms with Crippen molar-refractivity contribution in [1.29, 1.82) is 0 Å². The molecule has 2 nitrogen and oxygen atoms in total. The summed E-state index contributed by atoms with van der Waals surface area (Å²) in [7, 11) is 0. The van der Waals surface area contributed by atoms with Crippen LogP contribution in [0, 0.1) is 0 Å². The maximum atomic E-state index is 2.52. The zero-order chi connectivity index (χ0) is 41.8. The fourth-order valence-electron chi connectivity index (χ4n) is 11.6. The van der Waals surface area contributed by atoms with Gasteiger partial charge in [-0.05, 0) is 156 Å². The van der Waals surface area contributed by atoms with Gasteiger partial charge in [0.05, 0.1) is 0 Å². The second kappa shape index (κ2) is 13.8. The third kappa shape index (κ3) is 5.44. The number of hydrogen-bond acceptors (Lipinski definition) is 2. The molecule has 0 fully saturated rings. The summed E-state index contributed by atoms with van der Waals surface area (Å²) in [5.74, 6) is 0. The number of rotatable bonds is 4. The average molecular weight is 807 g/mol. The fourth-order valence-corrected chi connectivity index (χ4v) is 11.6. The van der Waals surface area contributed by atoms with Crippen molar-refractivity contribution in [3.05, 3.63) is 233 Å². The molecule has 0 radical (unpaired) electrons. The highest BCUT2D eigenvalue weighted by molar-refractivity contribution is 6.20. The van der Waals surface area contributed by atoms with Crippen molar-refractivity contribution >= 4 is 61.2 Å². The SMILES string of the molecule is CC1(C)c2ccccc2-c2ccc(-c3c4ccc(N5c6ccccc6Cc6ccccc65)cc4c(C4=CC=CCC4)c4ccc(N5c6ccccc6Cc6ccccc65)cc34)cc21. The van der Waals surface area contributed by atoms with Gasteiger partial charge in [-0.25, -0.2) is 0 Å². The van der Waals surface area contributed by atoms with Gasteiger partial charge in [-0.3, -0.25) is 0 Å². The van der Waals surface area contributed by atoms with Gasteiger partial charge in [-0.2, -0.15) is 0 Å². The first kappa shape index (κ1) is 36.3. The number of benzene rings is 9. The van der Waals surface area contributed by atoms with Crippen LogP contribution in [0.2, 0.25) is 0 Å². The van der Waals surface area contributed by atoms with Crippen molar-refractivity contribution < 1.29 is 0 Å². The number of para-hydroxylation sites is 4. The van der Waals surface area contributed by atoms with Crippen molar-refractivity contribution in [3.8, 4) is 22.3 Å². The van der Waals surface area contributed by atoms with Crippen LogP contribution in [0.5, 0.6) is 0 Å². The number of nitrogens with zero attached hydrogens (tertiary/aromatic N) is 2. The number of allylic oxidation sites excluding steroid dienone is 4. The molecule has 0 bridgehead atoms. The molecule has 2 heterocycles. The Morgan fingerprint density at radius 1 is 0.429 bits per heavy atom. The Hall–Kier alpha value is -7.42. The lowest BCUT2D eigenvalue weighted by Gasteiger charge is -2.34. The topological polar surface area (TPSA) is 6.48 Å². The predicted molar refractivity (Wildman–Crippen MR) is 266 cm³/mol. The smallest absolute Gasteiger partial charge is 0.0497 e. The fraction of sp³-hybridized carbons (Fsp3) is 0.115. The minimum atomic E-state index is -0.124. The molecular weight excluding hydrogens is 761 g/mol. The lowest BCUT2D eigenvalue weighted by Crippen LogP contribution is -2.18. The second-order valence-corrected chi connectivity index (χ2v) is 18.3. The first-order valence-electron chi connectivity index (χ1n) is 22.6. The van der Waals surface area contributed by atoms with E-state index in [9.17, 15) is 0 Å². The van der Waals surface area contributed by atoms with Crippen LogP contribution in [0.15, 0.2) is 194 Å². The molecule has 300 valence electrons. The summed E-state index contributed by atoms with van der Waals surface area (Å²) in [4.78, 5) is 5.00. The molecule has 0 unspecified atom stereocenters. The molecule has 2 heteroatoms. The van der Waals surface area contributed by atoms with E-state index in [-0.39, 0.29) is 5.41 Å². The van der Waals surface area contributed by atoms with E-state index in [2.05, 4.69) is 218 Å². The van der Waals surface area contributed by atoms with E-state index in [1.54, 1.807) is 0 Å². The molecule has 0 saturated carbocycles. The maximum absolute atomic E-state index is 2.52. The molecule has 13 rings (SSSR count). The Morgan fingerprint density at radius 3 is 1.48 bits per heavy atom. The molecule has 2 aliphatic carbocycles. The van der Waals surface area contributed by atoms with Crippen LogP contribution in [0.1, 0.15) is 65.6 Å². The van der Waals surface area contributed by atoms with Crippen LogP contribution in [0.3, 0.4) is 0 Å². The zero-order valence-electron chi connectivity index (χ0n) is 35.7. The minimum Gasteiger partial charge on any atom is -0.310 e.